The minimum Gasteiger partial charge on any atom is -0.474 e. The molecule has 1 aliphatic carbocycles. The molecule has 1 aromatic heterocycles. The van der Waals surface area contributed by atoms with Crippen molar-refractivity contribution < 1.29 is 4.74 Å². The summed E-state index contributed by atoms with van der Waals surface area (Å²) in [5.41, 5.74) is 1.06. The maximum absolute atomic E-state index is 6.11. The Morgan fingerprint density at radius 3 is 2.71 bits per heavy atom. The molecule has 3 heteroatoms. The topological polar surface area (TPSA) is 34.1 Å². The average Bonchev–Trinajstić information content (AvgIpc) is 3.29. The lowest BCUT2D eigenvalue weighted by molar-refractivity contribution is 0.165. The first-order chi connectivity index (χ1) is 10.1. The summed E-state index contributed by atoms with van der Waals surface area (Å²) in [4.78, 5) is 4.74. The number of nitrogens with zero attached hydrogens (tertiary/aromatic N) is 1. The minimum atomic E-state index is 0.160. The van der Waals surface area contributed by atoms with Crippen molar-refractivity contribution in [2.45, 2.75) is 52.3 Å². The Hall–Kier alpha value is -1.61. The van der Waals surface area contributed by atoms with E-state index in [0.29, 0.717) is 12.0 Å². The fourth-order valence-electron chi connectivity index (χ4n) is 2.25. The molecule has 1 aromatic carbocycles. The number of hydrogen-bond donors (Lipinski definition) is 1. The van der Waals surface area contributed by atoms with E-state index in [1.807, 2.05) is 6.07 Å². The summed E-state index contributed by atoms with van der Waals surface area (Å²) >= 11 is 0. The van der Waals surface area contributed by atoms with Gasteiger partial charge in [0.05, 0.1) is 11.8 Å². The Labute approximate surface area is 126 Å². The van der Waals surface area contributed by atoms with E-state index in [2.05, 4.69) is 50.4 Å². The van der Waals surface area contributed by atoms with E-state index in [9.17, 15) is 0 Å². The van der Waals surface area contributed by atoms with E-state index >= 15 is 0 Å². The lowest BCUT2D eigenvalue weighted by Crippen LogP contribution is -2.20. The Balaban J connectivity index is 1.90. The normalized spacial score (nSPS) is 16.4. The van der Waals surface area contributed by atoms with E-state index in [0.717, 1.165) is 23.5 Å². The van der Waals surface area contributed by atoms with Crippen molar-refractivity contribution in [3.63, 3.8) is 0 Å². The molecule has 2 aromatic rings. The highest BCUT2D eigenvalue weighted by molar-refractivity contribution is 5.87. The van der Waals surface area contributed by atoms with Crippen LogP contribution in [0.15, 0.2) is 30.3 Å². The highest BCUT2D eigenvalue weighted by atomic mass is 16.5. The molecule has 0 saturated heterocycles. The van der Waals surface area contributed by atoms with Gasteiger partial charge in [-0.1, -0.05) is 32.0 Å². The predicted octanol–water partition coefficient (Wildman–Crippen LogP) is 3.91. The van der Waals surface area contributed by atoms with Gasteiger partial charge < -0.3 is 10.1 Å². The number of fused-ring (bicyclic) bond motifs is 1. The third-order valence-electron chi connectivity index (χ3n) is 4.14. The highest BCUT2D eigenvalue weighted by Gasteiger charge is 2.20. The molecule has 1 N–H and O–H groups in total. The summed E-state index contributed by atoms with van der Waals surface area (Å²) in [6, 6.07) is 11.2. The van der Waals surface area contributed by atoms with Crippen LogP contribution in [0.5, 0.6) is 5.88 Å². The first-order valence-electron chi connectivity index (χ1n) is 7.92. The molecule has 1 unspecified atom stereocenters. The van der Waals surface area contributed by atoms with Crippen molar-refractivity contribution >= 4 is 10.8 Å². The SMILES string of the molecule is CC(C)C(C)Oc1nc(CNC2CC2)cc2ccccc12. The molecule has 1 atom stereocenters. The van der Waals surface area contributed by atoms with Crippen LogP contribution in [0.2, 0.25) is 0 Å². The molecule has 0 spiro atoms. The van der Waals surface area contributed by atoms with Gasteiger partial charge in [-0.25, -0.2) is 4.98 Å². The van der Waals surface area contributed by atoms with Crippen LogP contribution in [-0.2, 0) is 6.54 Å². The summed E-state index contributed by atoms with van der Waals surface area (Å²) in [5, 5.41) is 5.82. The largest absolute Gasteiger partial charge is 0.474 e. The summed E-state index contributed by atoms with van der Waals surface area (Å²) in [5.74, 6) is 1.24. The van der Waals surface area contributed by atoms with Gasteiger partial charge in [-0.15, -0.1) is 0 Å². The molecule has 0 amide bonds. The van der Waals surface area contributed by atoms with Gasteiger partial charge in [-0.05, 0) is 43.2 Å². The quantitative estimate of drug-likeness (QED) is 0.873. The minimum absolute atomic E-state index is 0.160. The molecule has 3 nitrogen and oxygen atoms in total. The fraction of sp³-hybridized carbons (Fsp3) is 0.500. The zero-order valence-electron chi connectivity index (χ0n) is 13.1. The Morgan fingerprint density at radius 1 is 1.24 bits per heavy atom. The lowest BCUT2D eigenvalue weighted by Gasteiger charge is -2.19. The van der Waals surface area contributed by atoms with Crippen LogP contribution in [0.25, 0.3) is 10.8 Å². The van der Waals surface area contributed by atoms with Crippen LogP contribution >= 0.6 is 0 Å². The zero-order valence-corrected chi connectivity index (χ0v) is 13.1. The van der Waals surface area contributed by atoms with Gasteiger partial charge in [0, 0.05) is 18.0 Å². The van der Waals surface area contributed by atoms with Gasteiger partial charge in [0.15, 0.2) is 0 Å². The number of hydrogen-bond acceptors (Lipinski definition) is 3. The van der Waals surface area contributed by atoms with Crippen molar-refractivity contribution in [2.24, 2.45) is 5.92 Å². The van der Waals surface area contributed by atoms with Gasteiger partial charge in [-0.2, -0.15) is 0 Å². The van der Waals surface area contributed by atoms with Crippen molar-refractivity contribution in [1.82, 2.24) is 10.3 Å². The van der Waals surface area contributed by atoms with Gasteiger partial charge >= 0.3 is 0 Å². The van der Waals surface area contributed by atoms with E-state index in [1.54, 1.807) is 0 Å². The third-order valence-corrected chi connectivity index (χ3v) is 4.14. The van der Waals surface area contributed by atoms with Crippen LogP contribution in [0.4, 0.5) is 0 Å². The van der Waals surface area contributed by atoms with Crippen molar-refractivity contribution in [2.75, 3.05) is 0 Å². The number of ether oxygens (including phenoxy) is 1. The molecule has 1 aliphatic rings. The smallest absolute Gasteiger partial charge is 0.221 e. The molecular weight excluding hydrogens is 260 g/mol. The van der Waals surface area contributed by atoms with Gasteiger partial charge in [0.1, 0.15) is 0 Å². The van der Waals surface area contributed by atoms with E-state index < -0.39 is 0 Å². The summed E-state index contributed by atoms with van der Waals surface area (Å²) in [7, 11) is 0. The highest BCUT2D eigenvalue weighted by Crippen LogP contribution is 2.27. The lowest BCUT2D eigenvalue weighted by atomic mass is 10.1. The summed E-state index contributed by atoms with van der Waals surface area (Å²) in [6.07, 6.45) is 2.75. The third kappa shape index (κ3) is 3.53. The van der Waals surface area contributed by atoms with E-state index in [-0.39, 0.29) is 6.10 Å². The molecule has 21 heavy (non-hydrogen) atoms. The van der Waals surface area contributed by atoms with Crippen LogP contribution in [0.1, 0.15) is 39.3 Å². The first-order valence-corrected chi connectivity index (χ1v) is 7.92. The van der Waals surface area contributed by atoms with E-state index in [4.69, 9.17) is 9.72 Å². The van der Waals surface area contributed by atoms with Gasteiger partial charge in [0.2, 0.25) is 5.88 Å². The van der Waals surface area contributed by atoms with Gasteiger partial charge in [-0.3, -0.25) is 0 Å². The second kappa shape index (κ2) is 6.02. The number of aromatic nitrogens is 1. The van der Waals surface area contributed by atoms with Gasteiger partial charge in [0.25, 0.3) is 0 Å². The standard InChI is InChI=1S/C18H24N2O/c1-12(2)13(3)21-18-17-7-5-4-6-14(17)10-16(20-18)11-19-15-8-9-15/h4-7,10,12-13,15,19H,8-9,11H2,1-3H3. The van der Waals surface area contributed by atoms with E-state index in [1.165, 1.54) is 18.2 Å². The fourth-order valence-corrected chi connectivity index (χ4v) is 2.25. The Morgan fingerprint density at radius 2 is 2.00 bits per heavy atom. The number of pyridine rings is 1. The van der Waals surface area contributed by atoms with Crippen molar-refractivity contribution in [3.05, 3.63) is 36.0 Å². The molecule has 0 bridgehead atoms. The van der Waals surface area contributed by atoms with Crippen LogP contribution in [-0.4, -0.2) is 17.1 Å². The molecule has 1 fully saturated rings. The molecule has 0 aliphatic heterocycles. The maximum atomic E-state index is 6.11. The predicted molar refractivity (Wildman–Crippen MR) is 86.5 cm³/mol. The molecule has 1 heterocycles. The number of nitrogens with one attached hydrogen (secondary N) is 1. The number of benzene rings is 1. The summed E-state index contributed by atoms with van der Waals surface area (Å²) < 4.78 is 6.11. The maximum Gasteiger partial charge on any atom is 0.221 e. The number of rotatable bonds is 6. The van der Waals surface area contributed by atoms with Crippen LogP contribution in [0.3, 0.4) is 0 Å². The molecule has 112 valence electrons. The molecule has 3 rings (SSSR count). The average molecular weight is 284 g/mol. The summed E-state index contributed by atoms with van der Waals surface area (Å²) in [6.45, 7) is 7.27. The Kier molecular flexibility index (Phi) is 4.11. The van der Waals surface area contributed by atoms with Crippen LogP contribution < -0.4 is 10.1 Å². The first kappa shape index (κ1) is 14.3. The second-order valence-corrected chi connectivity index (χ2v) is 6.36. The molecule has 0 radical (unpaired) electrons. The second-order valence-electron chi connectivity index (χ2n) is 6.36. The molecule has 1 saturated carbocycles. The van der Waals surface area contributed by atoms with Crippen molar-refractivity contribution in [3.8, 4) is 5.88 Å². The Bertz CT molecular complexity index is 620. The zero-order chi connectivity index (χ0) is 14.8. The monoisotopic (exact) mass is 284 g/mol. The van der Waals surface area contributed by atoms with Crippen LogP contribution in [0, 0.1) is 5.92 Å². The van der Waals surface area contributed by atoms with Crippen molar-refractivity contribution in [1.29, 1.82) is 0 Å². The molecular formula is C18H24N2O.